The molecule has 4 amide bonds. The van der Waals surface area contributed by atoms with Gasteiger partial charge in [0.1, 0.15) is 18.9 Å². The SMILES string of the molecule is CN(C[C@H]1COc2ccccc2O1)C(=O)CN1C(=O)N[C@](C)(c2ccco2)C1=O. The van der Waals surface area contributed by atoms with E-state index >= 15 is 0 Å². The maximum atomic E-state index is 12.8. The summed E-state index contributed by atoms with van der Waals surface area (Å²) in [4.78, 5) is 40.1. The molecule has 152 valence electrons. The van der Waals surface area contributed by atoms with Gasteiger partial charge in [0.25, 0.3) is 5.91 Å². The highest BCUT2D eigenvalue weighted by Crippen LogP contribution is 2.31. The topological polar surface area (TPSA) is 101 Å². The number of carbonyl (C=O) groups excluding carboxylic acids is 3. The molecule has 2 aliphatic heterocycles. The number of urea groups is 1. The lowest BCUT2D eigenvalue weighted by Gasteiger charge is -2.30. The van der Waals surface area contributed by atoms with Crippen molar-refractivity contribution in [3.63, 3.8) is 0 Å². The molecule has 0 spiro atoms. The Kier molecular flexibility index (Phi) is 4.65. The van der Waals surface area contributed by atoms with Crippen molar-refractivity contribution >= 4 is 17.8 Å². The van der Waals surface area contributed by atoms with Crippen LogP contribution < -0.4 is 14.8 Å². The molecule has 0 radical (unpaired) electrons. The molecule has 2 aromatic rings. The average molecular weight is 399 g/mol. The summed E-state index contributed by atoms with van der Waals surface area (Å²) in [6.45, 7) is 1.73. The van der Waals surface area contributed by atoms with Gasteiger partial charge in [0, 0.05) is 7.05 Å². The third-order valence-corrected chi connectivity index (χ3v) is 5.05. The zero-order valence-electron chi connectivity index (χ0n) is 16.1. The van der Waals surface area contributed by atoms with Crippen molar-refractivity contribution in [2.45, 2.75) is 18.6 Å². The molecule has 2 atom stereocenters. The Balaban J connectivity index is 1.38. The van der Waals surface area contributed by atoms with Gasteiger partial charge in [-0.3, -0.25) is 14.5 Å². The predicted octanol–water partition coefficient (Wildman–Crippen LogP) is 1.34. The summed E-state index contributed by atoms with van der Waals surface area (Å²) in [6, 6.07) is 9.90. The smallest absolute Gasteiger partial charge is 0.325 e. The highest BCUT2D eigenvalue weighted by molar-refractivity contribution is 6.08. The molecule has 1 aromatic carbocycles. The molecule has 2 aliphatic rings. The summed E-state index contributed by atoms with van der Waals surface area (Å²) in [6.07, 6.45) is 1.07. The minimum Gasteiger partial charge on any atom is -0.486 e. The molecule has 9 heteroatoms. The van der Waals surface area contributed by atoms with Gasteiger partial charge in [0.15, 0.2) is 23.1 Å². The summed E-state index contributed by atoms with van der Waals surface area (Å²) >= 11 is 0. The van der Waals surface area contributed by atoms with Crippen LogP contribution in [0, 0.1) is 0 Å². The number of nitrogens with zero attached hydrogens (tertiary/aromatic N) is 2. The van der Waals surface area contributed by atoms with Gasteiger partial charge in [-0.2, -0.15) is 0 Å². The number of likely N-dealkylation sites (N-methyl/N-ethyl adjacent to an activating group) is 1. The Morgan fingerprint density at radius 2 is 2.00 bits per heavy atom. The lowest BCUT2D eigenvalue weighted by molar-refractivity contribution is -0.139. The first-order valence-corrected chi connectivity index (χ1v) is 9.19. The minimum absolute atomic E-state index is 0.256. The van der Waals surface area contributed by atoms with Crippen LogP contribution in [0.2, 0.25) is 0 Å². The number of benzene rings is 1. The van der Waals surface area contributed by atoms with Crippen molar-refractivity contribution in [1.29, 1.82) is 0 Å². The second kappa shape index (κ2) is 7.16. The lowest BCUT2D eigenvalue weighted by atomic mass is 9.99. The maximum absolute atomic E-state index is 12.8. The van der Waals surface area contributed by atoms with Gasteiger partial charge in [-0.25, -0.2) is 4.79 Å². The van der Waals surface area contributed by atoms with Gasteiger partial charge in [-0.1, -0.05) is 12.1 Å². The number of carbonyl (C=O) groups is 3. The molecule has 0 unspecified atom stereocenters. The first kappa shape index (κ1) is 18.9. The second-order valence-corrected chi connectivity index (χ2v) is 7.20. The molecule has 9 nitrogen and oxygen atoms in total. The summed E-state index contributed by atoms with van der Waals surface area (Å²) in [5.41, 5.74) is -1.33. The van der Waals surface area contributed by atoms with Crippen molar-refractivity contribution in [2.24, 2.45) is 0 Å². The summed E-state index contributed by atoms with van der Waals surface area (Å²) in [5.74, 6) is 0.665. The number of furan rings is 1. The Bertz CT molecular complexity index is 943. The van der Waals surface area contributed by atoms with Crippen molar-refractivity contribution in [1.82, 2.24) is 15.1 Å². The highest BCUT2D eigenvalue weighted by atomic mass is 16.6. The molecule has 1 N–H and O–H groups in total. The molecule has 1 aromatic heterocycles. The average Bonchev–Trinajstić information content (AvgIpc) is 3.32. The molecule has 1 saturated heterocycles. The number of amides is 4. The molecule has 1 fully saturated rings. The van der Waals surface area contributed by atoms with E-state index < -0.39 is 17.5 Å². The summed E-state index contributed by atoms with van der Waals surface area (Å²) in [7, 11) is 1.59. The number of imide groups is 1. The van der Waals surface area contributed by atoms with E-state index in [-0.39, 0.29) is 25.1 Å². The molecular weight excluding hydrogens is 378 g/mol. The van der Waals surface area contributed by atoms with Crippen molar-refractivity contribution in [2.75, 3.05) is 26.7 Å². The Morgan fingerprint density at radius 3 is 2.72 bits per heavy atom. The van der Waals surface area contributed by atoms with Gasteiger partial charge in [0.2, 0.25) is 5.91 Å². The Morgan fingerprint density at radius 1 is 1.24 bits per heavy atom. The highest BCUT2D eigenvalue weighted by Gasteiger charge is 2.51. The normalized spacial score (nSPS) is 23.1. The number of rotatable bonds is 5. The molecule has 29 heavy (non-hydrogen) atoms. The number of hydrogen-bond acceptors (Lipinski definition) is 6. The van der Waals surface area contributed by atoms with Crippen LogP contribution in [0.3, 0.4) is 0 Å². The molecule has 4 rings (SSSR count). The van der Waals surface area contributed by atoms with Crippen molar-refractivity contribution in [3.8, 4) is 11.5 Å². The van der Waals surface area contributed by atoms with Crippen LogP contribution in [0.1, 0.15) is 12.7 Å². The van der Waals surface area contributed by atoms with Gasteiger partial charge >= 0.3 is 6.03 Å². The number of ether oxygens (including phenoxy) is 2. The van der Waals surface area contributed by atoms with E-state index in [4.69, 9.17) is 13.9 Å². The third kappa shape index (κ3) is 3.39. The van der Waals surface area contributed by atoms with E-state index in [9.17, 15) is 14.4 Å². The lowest BCUT2D eigenvalue weighted by Crippen LogP contribution is -2.47. The maximum Gasteiger partial charge on any atom is 0.325 e. The molecule has 0 saturated carbocycles. The first-order chi connectivity index (χ1) is 13.9. The fraction of sp³-hybridized carbons (Fsp3) is 0.350. The molecule has 3 heterocycles. The zero-order valence-corrected chi connectivity index (χ0v) is 16.1. The number of nitrogens with one attached hydrogen (secondary N) is 1. The second-order valence-electron chi connectivity index (χ2n) is 7.20. The van der Waals surface area contributed by atoms with Crippen LogP contribution in [0.15, 0.2) is 47.1 Å². The fourth-order valence-corrected chi connectivity index (χ4v) is 3.39. The monoisotopic (exact) mass is 399 g/mol. The minimum atomic E-state index is -1.33. The van der Waals surface area contributed by atoms with Gasteiger partial charge < -0.3 is 24.1 Å². The van der Waals surface area contributed by atoms with E-state index in [0.29, 0.717) is 23.9 Å². The number of hydrogen-bond donors (Lipinski definition) is 1. The van der Waals surface area contributed by atoms with Crippen molar-refractivity contribution in [3.05, 3.63) is 48.4 Å². The van der Waals surface area contributed by atoms with Crippen LogP contribution in [-0.2, 0) is 15.1 Å². The van der Waals surface area contributed by atoms with E-state index in [1.807, 2.05) is 18.2 Å². The van der Waals surface area contributed by atoms with Gasteiger partial charge in [-0.05, 0) is 31.2 Å². The number of para-hydroxylation sites is 2. The molecular formula is C20H21N3O6. The van der Waals surface area contributed by atoms with E-state index in [1.165, 1.54) is 11.2 Å². The predicted molar refractivity (Wildman–Crippen MR) is 100 cm³/mol. The van der Waals surface area contributed by atoms with Crippen LogP contribution in [0.4, 0.5) is 4.79 Å². The molecule has 0 bridgehead atoms. The summed E-state index contributed by atoms with van der Waals surface area (Å²) in [5, 5.41) is 2.60. The Labute approximate surface area is 167 Å². The van der Waals surface area contributed by atoms with E-state index in [0.717, 1.165) is 4.90 Å². The van der Waals surface area contributed by atoms with Gasteiger partial charge in [0.05, 0.1) is 12.8 Å². The standard InChI is InChI=1S/C20H21N3O6/c1-20(16-8-5-9-27-16)18(25)23(19(26)21-20)11-17(24)22(2)10-13-12-28-14-6-3-4-7-15(14)29-13/h3-9,13H,10-12H2,1-2H3,(H,21,26)/t13-,20+/m0/s1. The van der Waals surface area contributed by atoms with Crippen LogP contribution in [-0.4, -0.2) is 60.5 Å². The third-order valence-electron chi connectivity index (χ3n) is 5.05. The van der Waals surface area contributed by atoms with E-state index in [1.54, 1.807) is 32.2 Å². The summed E-state index contributed by atoms with van der Waals surface area (Å²) < 4.78 is 16.8. The van der Waals surface area contributed by atoms with Gasteiger partial charge in [-0.15, -0.1) is 0 Å². The van der Waals surface area contributed by atoms with Crippen LogP contribution >= 0.6 is 0 Å². The van der Waals surface area contributed by atoms with E-state index in [2.05, 4.69) is 5.32 Å². The fourth-order valence-electron chi connectivity index (χ4n) is 3.39. The first-order valence-electron chi connectivity index (χ1n) is 9.19. The van der Waals surface area contributed by atoms with Crippen molar-refractivity contribution < 1.29 is 28.3 Å². The quantitative estimate of drug-likeness (QED) is 0.762. The molecule has 0 aliphatic carbocycles. The Hall–Kier alpha value is -3.49. The van der Waals surface area contributed by atoms with Crippen LogP contribution in [0.25, 0.3) is 0 Å². The number of fused-ring (bicyclic) bond motifs is 1. The zero-order chi connectivity index (χ0) is 20.6. The largest absolute Gasteiger partial charge is 0.486 e. The van der Waals surface area contributed by atoms with Crippen LogP contribution in [0.5, 0.6) is 11.5 Å².